The van der Waals surface area contributed by atoms with Gasteiger partial charge in [-0.05, 0) is 49.4 Å². The first kappa shape index (κ1) is 39.3. The van der Waals surface area contributed by atoms with Crippen molar-refractivity contribution in [3.05, 3.63) is 29.6 Å². The molecular weight excluding hydrogens is 687 g/mol. The van der Waals surface area contributed by atoms with Crippen molar-refractivity contribution in [3.8, 4) is 0 Å². The minimum atomic E-state index is -3.72. The van der Waals surface area contributed by atoms with E-state index < -0.39 is 58.6 Å². The predicted octanol–water partition coefficient (Wildman–Crippen LogP) is 1.65. The maximum absolute atomic E-state index is 15.8. The first-order valence-electron chi connectivity index (χ1n) is 18.0. The number of piperazine rings is 1. The van der Waals surface area contributed by atoms with E-state index in [4.69, 9.17) is 0 Å². The van der Waals surface area contributed by atoms with Crippen molar-refractivity contribution in [2.24, 2.45) is 17.8 Å². The van der Waals surface area contributed by atoms with Crippen LogP contribution in [0.2, 0.25) is 0 Å². The number of carbonyl (C=O) groups excluding carboxylic acids is 4. The van der Waals surface area contributed by atoms with E-state index in [2.05, 4.69) is 43.5 Å². The zero-order valence-electron chi connectivity index (χ0n) is 29.8. The molecule has 5 atom stereocenters. The Morgan fingerprint density at radius 1 is 1.04 bits per heavy atom. The molecule has 0 bridgehead atoms. The minimum Gasteiger partial charge on any atom is -0.343 e. The number of benzene rings is 1. The van der Waals surface area contributed by atoms with Gasteiger partial charge < -0.3 is 25.8 Å². The molecule has 5 rings (SSSR count). The number of likely N-dealkylation sites (N-methyl/N-ethyl adjacent to an activating group) is 1. The molecule has 4 fully saturated rings. The highest BCUT2D eigenvalue weighted by atomic mass is 32.2. The summed E-state index contributed by atoms with van der Waals surface area (Å²) in [5, 5.41) is 8.96. The molecule has 13 nitrogen and oxygen atoms in total. The number of amides is 4. The molecule has 0 spiro atoms. The third kappa shape index (κ3) is 9.53. The molecule has 17 heteroatoms. The lowest BCUT2D eigenvalue weighted by atomic mass is 9.78. The number of halogens is 3. The van der Waals surface area contributed by atoms with E-state index in [9.17, 15) is 19.2 Å². The predicted molar refractivity (Wildman–Crippen MR) is 189 cm³/mol. The summed E-state index contributed by atoms with van der Waals surface area (Å²) in [6.07, 6.45) is 2.66. The topological polar surface area (TPSA) is 150 Å². The van der Waals surface area contributed by atoms with E-state index in [0.717, 1.165) is 12.8 Å². The summed E-state index contributed by atoms with van der Waals surface area (Å²) in [5.74, 6) is -9.30. The quantitative estimate of drug-likeness (QED) is 0.175. The van der Waals surface area contributed by atoms with Crippen LogP contribution in [0.3, 0.4) is 0 Å². The number of hydrogen-bond acceptors (Lipinski definition) is 10. The first-order valence-corrected chi connectivity index (χ1v) is 18.8. The smallest absolute Gasteiger partial charge is 0.329 e. The molecule has 284 valence electrons. The normalized spacial score (nSPS) is 26.7. The van der Waals surface area contributed by atoms with Crippen molar-refractivity contribution in [3.63, 3.8) is 0 Å². The molecule has 6 N–H and O–H groups in total. The van der Waals surface area contributed by atoms with Gasteiger partial charge in [-0.25, -0.2) is 19.7 Å². The van der Waals surface area contributed by atoms with Gasteiger partial charge in [0.2, 0.25) is 17.7 Å². The summed E-state index contributed by atoms with van der Waals surface area (Å²) in [4.78, 5) is 60.4. The van der Waals surface area contributed by atoms with Gasteiger partial charge in [0.05, 0.1) is 11.6 Å². The summed E-state index contributed by atoms with van der Waals surface area (Å²) < 4.78 is 46.6. The molecule has 4 aliphatic rings. The number of hydrazine groups is 2. The highest BCUT2D eigenvalue weighted by molar-refractivity contribution is 7.98. The van der Waals surface area contributed by atoms with E-state index in [1.165, 1.54) is 24.1 Å². The lowest BCUT2D eigenvalue weighted by molar-refractivity contribution is -0.154. The van der Waals surface area contributed by atoms with Crippen LogP contribution in [-0.4, -0.2) is 121 Å². The lowest BCUT2D eigenvalue weighted by Gasteiger charge is -2.36. The average molecular weight is 740 g/mol. The van der Waals surface area contributed by atoms with Gasteiger partial charge in [0.1, 0.15) is 23.2 Å². The average Bonchev–Trinajstić information content (AvgIpc) is 3.84. The standard InChI is InChI=1S/C34H52F3N9O4S/c1-5-46-19-24(17-39-46)34(36,37)33(50)42-29(22-8-6-20(2)7-9-22)31(48)40-26-11-10-23(16-25(26)35)21(3)28(41-30(47)27-18-38-43-51-27)32(49)45-14-12-44(4)13-15-45/h10-11,16,20-22,24,27-29,38-39,43H,5-9,12-15,17-19H2,1-4H3,(H,40,48)(H,41,47)(H,42,50)/t20-,21-,22-,24?,27?,28+,29-/m0/s1. The van der Waals surface area contributed by atoms with Crippen LogP contribution < -0.4 is 31.6 Å². The number of nitrogens with one attached hydrogen (secondary N) is 6. The minimum absolute atomic E-state index is 0.00974. The van der Waals surface area contributed by atoms with Gasteiger partial charge in [0.15, 0.2) is 0 Å². The maximum atomic E-state index is 15.8. The van der Waals surface area contributed by atoms with Crippen LogP contribution >= 0.6 is 11.9 Å². The molecule has 4 amide bonds. The molecule has 51 heavy (non-hydrogen) atoms. The van der Waals surface area contributed by atoms with Crippen LogP contribution in [0, 0.1) is 23.6 Å². The molecule has 3 aliphatic heterocycles. The Labute approximate surface area is 302 Å². The Bertz CT molecular complexity index is 1400. The Morgan fingerprint density at radius 2 is 1.75 bits per heavy atom. The number of anilines is 1. The highest BCUT2D eigenvalue weighted by Gasteiger charge is 2.51. The van der Waals surface area contributed by atoms with Gasteiger partial charge in [0, 0.05) is 58.3 Å². The van der Waals surface area contributed by atoms with Gasteiger partial charge in [-0.3, -0.25) is 24.6 Å². The van der Waals surface area contributed by atoms with Gasteiger partial charge in [-0.1, -0.05) is 51.6 Å². The van der Waals surface area contributed by atoms with Gasteiger partial charge in [0.25, 0.3) is 5.91 Å². The molecular formula is C34H52F3N9O4S. The zero-order valence-corrected chi connectivity index (χ0v) is 30.6. The van der Waals surface area contributed by atoms with Crippen LogP contribution in [0.5, 0.6) is 0 Å². The molecule has 1 aliphatic carbocycles. The van der Waals surface area contributed by atoms with E-state index >= 15 is 13.2 Å². The van der Waals surface area contributed by atoms with E-state index in [-0.39, 0.29) is 30.6 Å². The van der Waals surface area contributed by atoms with Crippen molar-refractivity contribution < 1.29 is 32.3 Å². The molecule has 1 aromatic rings. The first-order chi connectivity index (χ1) is 24.3. The largest absolute Gasteiger partial charge is 0.343 e. The third-order valence-corrected chi connectivity index (χ3v) is 11.7. The summed E-state index contributed by atoms with van der Waals surface area (Å²) >= 11 is 1.20. The number of nitrogens with zero attached hydrogens (tertiary/aromatic N) is 3. The summed E-state index contributed by atoms with van der Waals surface area (Å²) in [5.41, 5.74) is 5.99. The van der Waals surface area contributed by atoms with Crippen LogP contribution in [-0.2, 0) is 19.2 Å². The summed E-state index contributed by atoms with van der Waals surface area (Å²) in [6.45, 7) is 8.79. The van der Waals surface area contributed by atoms with Crippen molar-refractivity contribution in [1.82, 2.24) is 41.1 Å². The van der Waals surface area contributed by atoms with E-state index in [0.29, 0.717) is 63.6 Å². The zero-order chi connectivity index (χ0) is 36.9. The Kier molecular flexibility index (Phi) is 13.3. The van der Waals surface area contributed by atoms with Crippen molar-refractivity contribution in [1.29, 1.82) is 0 Å². The highest BCUT2D eigenvalue weighted by Crippen LogP contribution is 2.34. The second kappa shape index (κ2) is 17.2. The van der Waals surface area contributed by atoms with E-state index in [1.54, 1.807) is 22.9 Å². The van der Waals surface area contributed by atoms with Gasteiger partial charge >= 0.3 is 5.92 Å². The lowest BCUT2D eigenvalue weighted by Crippen LogP contribution is -2.56. The molecule has 1 aromatic carbocycles. The second-order valence-corrected chi connectivity index (χ2v) is 15.4. The fourth-order valence-electron chi connectivity index (χ4n) is 7.18. The number of alkyl halides is 2. The van der Waals surface area contributed by atoms with Gasteiger partial charge in [-0.15, -0.1) is 0 Å². The number of hydrogen-bond donors (Lipinski definition) is 6. The molecule has 0 radical (unpaired) electrons. The van der Waals surface area contributed by atoms with Gasteiger partial charge in [-0.2, -0.15) is 8.78 Å². The maximum Gasteiger partial charge on any atom is 0.329 e. The fraction of sp³-hybridized carbons (Fsp3) is 0.706. The van der Waals surface area contributed by atoms with E-state index in [1.807, 2.05) is 14.0 Å². The van der Waals surface area contributed by atoms with Crippen molar-refractivity contribution >= 4 is 41.3 Å². The monoisotopic (exact) mass is 739 g/mol. The van der Waals surface area contributed by atoms with Crippen LogP contribution in [0.1, 0.15) is 57.9 Å². The Morgan fingerprint density at radius 3 is 2.35 bits per heavy atom. The molecule has 0 aromatic heterocycles. The Hall–Kier alpha value is -2.96. The number of carbonyl (C=O) groups is 4. The Balaban J connectivity index is 1.31. The number of rotatable bonds is 12. The summed E-state index contributed by atoms with van der Waals surface area (Å²) in [6, 6.07) is 1.88. The SMILES string of the molecule is CCN1CC(C(F)(F)C(=O)N[C@H](C(=O)Nc2ccc([C@H](C)[C@@H](NC(=O)C3CNNS3)C(=O)N3CCN(C)CC3)cc2F)[C@H]2CC[C@H](C)CC2)CN1. The fourth-order valence-corrected chi connectivity index (χ4v) is 7.83. The molecule has 3 heterocycles. The van der Waals surface area contributed by atoms with Crippen LogP contribution in [0.15, 0.2) is 18.2 Å². The second-order valence-electron chi connectivity index (χ2n) is 14.4. The molecule has 2 unspecified atom stereocenters. The van der Waals surface area contributed by atoms with Crippen LogP contribution in [0.25, 0.3) is 0 Å². The summed E-state index contributed by atoms with van der Waals surface area (Å²) in [7, 11) is 1.97. The van der Waals surface area contributed by atoms with Crippen molar-refractivity contribution in [2.75, 3.05) is 64.7 Å². The van der Waals surface area contributed by atoms with Crippen LogP contribution in [0.4, 0.5) is 18.9 Å². The molecule has 3 saturated heterocycles. The van der Waals surface area contributed by atoms with Crippen molar-refractivity contribution in [2.45, 2.75) is 75.6 Å². The molecule has 1 saturated carbocycles. The third-order valence-electron chi connectivity index (χ3n) is 10.8.